The van der Waals surface area contributed by atoms with Gasteiger partial charge >= 0.3 is 0 Å². The van der Waals surface area contributed by atoms with Crippen molar-refractivity contribution >= 4 is 5.78 Å². The van der Waals surface area contributed by atoms with Crippen LogP contribution in [0.1, 0.15) is 16.1 Å². The van der Waals surface area contributed by atoms with Gasteiger partial charge in [0.25, 0.3) is 0 Å². The predicted molar refractivity (Wildman–Crippen MR) is 60.6 cm³/mol. The number of methoxy groups -OCH3 is 1. The molecule has 0 bridgehead atoms. The van der Waals surface area contributed by atoms with E-state index in [-0.39, 0.29) is 17.3 Å². The smallest absolute Gasteiger partial charge is 0.215 e. The number of halogens is 1. The Balaban J connectivity index is 2.40. The van der Waals surface area contributed by atoms with Gasteiger partial charge in [0.2, 0.25) is 5.78 Å². The van der Waals surface area contributed by atoms with E-state index in [2.05, 4.69) is 4.98 Å². The van der Waals surface area contributed by atoms with Crippen molar-refractivity contribution in [2.75, 3.05) is 7.11 Å². The molecule has 4 heteroatoms. The Morgan fingerprint density at radius 3 is 2.59 bits per heavy atom. The van der Waals surface area contributed by atoms with E-state index in [0.29, 0.717) is 11.3 Å². The Morgan fingerprint density at radius 1 is 1.24 bits per heavy atom. The summed E-state index contributed by atoms with van der Waals surface area (Å²) >= 11 is 0. The molecule has 1 aromatic carbocycles. The molecule has 0 N–H and O–H groups in total. The zero-order chi connectivity index (χ0) is 12.3. The summed E-state index contributed by atoms with van der Waals surface area (Å²) in [5, 5.41) is 0. The summed E-state index contributed by atoms with van der Waals surface area (Å²) in [4.78, 5) is 16.1. The van der Waals surface area contributed by atoms with Gasteiger partial charge in [0.05, 0.1) is 7.11 Å². The van der Waals surface area contributed by atoms with Crippen LogP contribution in [0.25, 0.3) is 0 Å². The highest BCUT2D eigenvalue weighted by molar-refractivity contribution is 6.09. The van der Waals surface area contributed by atoms with E-state index in [1.807, 2.05) is 0 Å². The summed E-state index contributed by atoms with van der Waals surface area (Å²) in [5.41, 5.74) is 0.602. The van der Waals surface area contributed by atoms with Crippen molar-refractivity contribution in [2.45, 2.75) is 0 Å². The average molecular weight is 231 g/mol. The SMILES string of the molecule is COc1cccnc1C(=O)c1ccc(F)cc1. The fourth-order valence-electron chi connectivity index (χ4n) is 1.46. The van der Waals surface area contributed by atoms with Crippen LogP contribution in [0.2, 0.25) is 0 Å². The highest BCUT2D eigenvalue weighted by Gasteiger charge is 2.15. The molecule has 0 aliphatic carbocycles. The van der Waals surface area contributed by atoms with Crippen molar-refractivity contribution in [3.8, 4) is 5.75 Å². The van der Waals surface area contributed by atoms with Crippen LogP contribution in [0.5, 0.6) is 5.75 Å². The number of ketones is 1. The van der Waals surface area contributed by atoms with E-state index >= 15 is 0 Å². The number of aromatic nitrogens is 1. The van der Waals surface area contributed by atoms with E-state index in [1.165, 1.54) is 37.6 Å². The second kappa shape index (κ2) is 4.74. The van der Waals surface area contributed by atoms with Crippen LogP contribution in [-0.2, 0) is 0 Å². The first-order chi connectivity index (χ1) is 8.22. The number of benzene rings is 1. The minimum absolute atomic E-state index is 0.224. The summed E-state index contributed by atoms with van der Waals surface area (Å²) in [6.45, 7) is 0. The maximum Gasteiger partial charge on any atom is 0.215 e. The molecule has 0 saturated carbocycles. The lowest BCUT2D eigenvalue weighted by molar-refractivity contribution is 0.103. The summed E-state index contributed by atoms with van der Waals surface area (Å²) < 4.78 is 17.8. The molecule has 0 atom stereocenters. The number of rotatable bonds is 3. The molecule has 2 rings (SSSR count). The van der Waals surface area contributed by atoms with Gasteiger partial charge in [-0.1, -0.05) is 0 Å². The van der Waals surface area contributed by atoms with Gasteiger partial charge in [-0.3, -0.25) is 4.79 Å². The van der Waals surface area contributed by atoms with Gasteiger partial charge in [-0.15, -0.1) is 0 Å². The third-order valence-electron chi connectivity index (χ3n) is 2.31. The quantitative estimate of drug-likeness (QED) is 0.762. The van der Waals surface area contributed by atoms with E-state index < -0.39 is 0 Å². The van der Waals surface area contributed by atoms with E-state index in [0.717, 1.165) is 0 Å². The van der Waals surface area contributed by atoms with Gasteiger partial charge in [0.1, 0.15) is 11.6 Å². The molecule has 1 heterocycles. The maximum atomic E-state index is 12.7. The van der Waals surface area contributed by atoms with Crippen molar-refractivity contribution < 1.29 is 13.9 Å². The number of ether oxygens (including phenoxy) is 1. The molecule has 1 aromatic heterocycles. The molecule has 0 amide bonds. The fraction of sp³-hybridized carbons (Fsp3) is 0.0769. The normalized spacial score (nSPS) is 10.0. The van der Waals surface area contributed by atoms with Crippen LogP contribution in [0, 0.1) is 5.82 Å². The molecule has 0 unspecified atom stereocenters. The molecule has 0 saturated heterocycles. The summed E-state index contributed by atoms with van der Waals surface area (Å²) in [6.07, 6.45) is 1.51. The largest absolute Gasteiger partial charge is 0.494 e. The molecular formula is C13H10FNO2. The summed E-state index contributed by atoms with van der Waals surface area (Å²) in [5.74, 6) is -0.265. The third-order valence-corrected chi connectivity index (χ3v) is 2.31. The van der Waals surface area contributed by atoms with Crippen LogP contribution < -0.4 is 4.74 Å². The lowest BCUT2D eigenvalue weighted by Gasteiger charge is -2.05. The zero-order valence-electron chi connectivity index (χ0n) is 9.18. The molecule has 86 valence electrons. The number of carbonyl (C=O) groups is 1. The molecule has 0 fully saturated rings. The molecule has 17 heavy (non-hydrogen) atoms. The highest BCUT2D eigenvalue weighted by atomic mass is 19.1. The van der Waals surface area contributed by atoms with Crippen LogP contribution in [0.4, 0.5) is 4.39 Å². The van der Waals surface area contributed by atoms with Gasteiger partial charge in [-0.2, -0.15) is 0 Å². The fourth-order valence-corrected chi connectivity index (χ4v) is 1.46. The molecule has 2 aromatic rings. The Hall–Kier alpha value is -2.23. The summed E-state index contributed by atoms with van der Waals surface area (Å²) in [6, 6.07) is 8.66. The first-order valence-electron chi connectivity index (χ1n) is 5.01. The summed E-state index contributed by atoms with van der Waals surface area (Å²) in [7, 11) is 1.47. The average Bonchev–Trinajstić information content (AvgIpc) is 2.39. The Bertz CT molecular complexity index is 537. The molecule has 0 radical (unpaired) electrons. The molecule has 0 aliphatic rings. The second-order valence-corrected chi connectivity index (χ2v) is 3.39. The highest BCUT2D eigenvalue weighted by Crippen LogP contribution is 2.18. The lowest BCUT2D eigenvalue weighted by atomic mass is 10.1. The first-order valence-corrected chi connectivity index (χ1v) is 5.01. The van der Waals surface area contributed by atoms with Crippen molar-refractivity contribution in [2.24, 2.45) is 0 Å². The number of hydrogen-bond donors (Lipinski definition) is 0. The molecule has 3 nitrogen and oxygen atoms in total. The van der Waals surface area contributed by atoms with Crippen molar-refractivity contribution in [3.63, 3.8) is 0 Å². The second-order valence-electron chi connectivity index (χ2n) is 3.39. The predicted octanol–water partition coefficient (Wildman–Crippen LogP) is 2.46. The topological polar surface area (TPSA) is 39.2 Å². The molecule has 0 aliphatic heterocycles. The van der Waals surface area contributed by atoms with Crippen molar-refractivity contribution in [1.29, 1.82) is 0 Å². The van der Waals surface area contributed by atoms with Crippen LogP contribution in [-0.4, -0.2) is 17.9 Å². The Kier molecular flexibility index (Phi) is 3.14. The Morgan fingerprint density at radius 2 is 1.94 bits per heavy atom. The Labute approximate surface area is 97.9 Å². The number of nitrogens with zero attached hydrogens (tertiary/aromatic N) is 1. The van der Waals surface area contributed by atoms with Gasteiger partial charge in [-0.05, 0) is 36.4 Å². The van der Waals surface area contributed by atoms with Gasteiger partial charge in [0.15, 0.2) is 5.69 Å². The maximum absolute atomic E-state index is 12.7. The van der Waals surface area contributed by atoms with Crippen LogP contribution in [0.15, 0.2) is 42.6 Å². The van der Waals surface area contributed by atoms with Crippen LogP contribution >= 0.6 is 0 Å². The van der Waals surface area contributed by atoms with E-state index in [1.54, 1.807) is 12.1 Å². The van der Waals surface area contributed by atoms with Gasteiger partial charge in [0, 0.05) is 11.8 Å². The monoisotopic (exact) mass is 231 g/mol. The minimum atomic E-state index is -0.380. The minimum Gasteiger partial charge on any atom is -0.494 e. The van der Waals surface area contributed by atoms with Crippen LogP contribution in [0.3, 0.4) is 0 Å². The van der Waals surface area contributed by atoms with Gasteiger partial charge in [-0.25, -0.2) is 9.37 Å². The van der Waals surface area contributed by atoms with E-state index in [4.69, 9.17) is 4.74 Å². The third kappa shape index (κ3) is 2.30. The van der Waals surface area contributed by atoms with Gasteiger partial charge < -0.3 is 4.74 Å². The van der Waals surface area contributed by atoms with E-state index in [9.17, 15) is 9.18 Å². The lowest BCUT2D eigenvalue weighted by Crippen LogP contribution is -2.06. The molecule has 0 spiro atoms. The first kappa shape index (κ1) is 11.3. The molecular weight excluding hydrogens is 221 g/mol. The number of hydrogen-bond acceptors (Lipinski definition) is 3. The number of carbonyl (C=O) groups excluding carboxylic acids is 1. The standard InChI is InChI=1S/C13H10FNO2/c1-17-11-3-2-8-15-12(11)13(16)9-4-6-10(14)7-5-9/h2-8H,1H3. The van der Waals surface area contributed by atoms with Crippen molar-refractivity contribution in [3.05, 3.63) is 59.7 Å². The number of pyridine rings is 1. The zero-order valence-corrected chi connectivity index (χ0v) is 9.18. The van der Waals surface area contributed by atoms with Crippen molar-refractivity contribution in [1.82, 2.24) is 4.98 Å².